The highest BCUT2D eigenvalue weighted by Crippen LogP contribution is 2.41. The van der Waals surface area contributed by atoms with Crippen LogP contribution in [0, 0.1) is 5.92 Å². The highest BCUT2D eigenvalue weighted by atomic mass is 16.5. The van der Waals surface area contributed by atoms with Crippen molar-refractivity contribution in [3.8, 4) is 11.5 Å². The first-order valence-electron chi connectivity index (χ1n) is 9.71. The van der Waals surface area contributed by atoms with E-state index in [-0.39, 0.29) is 12.2 Å². The molecule has 0 radical (unpaired) electrons. The molecule has 0 aromatic heterocycles. The molecule has 0 unspecified atom stereocenters. The molecule has 2 N–H and O–H groups in total. The Hall–Kier alpha value is -2.70. The van der Waals surface area contributed by atoms with Crippen molar-refractivity contribution >= 4 is 12.0 Å². The molecule has 1 saturated heterocycles. The van der Waals surface area contributed by atoms with Crippen molar-refractivity contribution in [3.63, 3.8) is 0 Å². The van der Waals surface area contributed by atoms with Crippen LogP contribution < -0.4 is 20.1 Å². The van der Waals surface area contributed by atoms with Crippen LogP contribution in [-0.2, 0) is 9.53 Å². The second kappa shape index (κ2) is 8.54. The number of carbonyl (C=O) groups is 2. The number of benzene rings is 1. The molecule has 1 saturated carbocycles. The molecule has 1 heterocycles. The molecule has 0 bridgehead atoms. The molecule has 1 aromatic carbocycles. The van der Waals surface area contributed by atoms with Crippen molar-refractivity contribution < 1.29 is 23.8 Å². The van der Waals surface area contributed by atoms with Crippen LogP contribution in [0.2, 0.25) is 0 Å². The lowest BCUT2D eigenvalue weighted by Gasteiger charge is -2.35. The minimum Gasteiger partial charge on any atom is -0.493 e. The Morgan fingerprint density at radius 2 is 1.96 bits per heavy atom. The van der Waals surface area contributed by atoms with Crippen molar-refractivity contribution in [2.45, 2.75) is 57.8 Å². The lowest BCUT2D eigenvalue weighted by molar-refractivity contribution is -0.153. The van der Waals surface area contributed by atoms with Crippen LogP contribution in [0.3, 0.4) is 0 Å². The van der Waals surface area contributed by atoms with Gasteiger partial charge in [0.2, 0.25) is 0 Å². The second-order valence-corrected chi connectivity index (χ2v) is 7.47. The monoisotopic (exact) mass is 388 g/mol. The summed E-state index contributed by atoms with van der Waals surface area (Å²) >= 11 is 0. The predicted molar refractivity (Wildman–Crippen MR) is 104 cm³/mol. The van der Waals surface area contributed by atoms with E-state index in [0.29, 0.717) is 22.8 Å². The molecule has 2 aliphatic rings. The number of hydrogen-bond donors (Lipinski definition) is 2. The number of urea groups is 1. The molecule has 2 fully saturated rings. The summed E-state index contributed by atoms with van der Waals surface area (Å²) in [5.74, 6) is -0.126. The largest absolute Gasteiger partial charge is 0.493 e. The van der Waals surface area contributed by atoms with Gasteiger partial charge >= 0.3 is 12.0 Å². The molecule has 152 valence electrons. The van der Waals surface area contributed by atoms with Gasteiger partial charge in [0.25, 0.3) is 0 Å². The molecule has 2 amide bonds. The number of hydrogen-bond acceptors (Lipinski definition) is 5. The minimum atomic E-state index is -0.764. The van der Waals surface area contributed by atoms with Crippen LogP contribution in [0.15, 0.2) is 30.5 Å². The summed E-state index contributed by atoms with van der Waals surface area (Å²) in [6.07, 6.45) is 3.68. The van der Waals surface area contributed by atoms with E-state index in [0.717, 1.165) is 25.7 Å². The Bertz CT molecular complexity index is 755. The van der Waals surface area contributed by atoms with E-state index in [1.54, 1.807) is 19.2 Å². The van der Waals surface area contributed by atoms with Crippen LogP contribution in [0.5, 0.6) is 11.5 Å². The van der Waals surface area contributed by atoms with E-state index in [4.69, 9.17) is 14.2 Å². The zero-order valence-corrected chi connectivity index (χ0v) is 16.6. The average molecular weight is 388 g/mol. The van der Waals surface area contributed by atoms with Gasteiger partial charge < -0.3 is 24.8 Å². The molecule has 7 heteroatoms. The first-order chi connectivity index (χ1) is 13.4. The summed E-state index contributed by atoms with van der Waals surface area (Å²) in [6, 6.07) is 4.32. The maximum absolute atomic E-state index is 13.0. The Morgan fingerprint density at radius 1 is 1.25 bits per heavy atom. The Kier molecular flexibility index (Phi) is 6.11. The van der Waals surface area contributed by atoms with E-state index in [2.05, 4.69) is 17.2 Å². The van der Waals surface area contributed by atoms with Crippen LogP contribution >= 0.6 is 0 Å². The maximum atomic E-state index is 13.0. The fraction of sp³-hybridized carbons (Fsp3) is 0.524. The molecule has 7 nitrogen and oxygen atoms in total. The number of amides is 2. The number of esters is 1. The van der Waals surface area contributed by atoms with Crippen LogP contribution in [0.4, 0.5) is 4.79 Å². The number of nitrogens with one attached hydrogen (secondary N) is 2. The molecule has 28 heavy (non-hydrogen) atoms. The summed E-state index contributed by atoms with van der Waals surface area (Å²) in [5, 5.41) is 5.44. The van der Waals surface area contributed by atoms with Gasteiger partial charge in [-0.25, -0.2) is 4.79 Å². The van der Waals surface area contributed by atoms with Gasteiger partial charge in [0.15, 0.2) is 11.5 Å². The first kappa shape index (κ1) is 20.0. The SMILES string of the molecule is C=C1NC(=O)N[C@@H](c2cccc(OC)c2OC(C)C)[C@@H]1C(=O)OC1CCCC1. The third-order valence-electron chi connectivity index (χ3n) is 5.03. The van der Waals surface area contributed by atoms with Gasteiger partial charge in [-0.3, -0.25) is 4.79 Å². The molecular weight excluding hydrogens is 360 g/mol. The molecule has 2 atom stereocenters. The van der Waals surface area contributed by atoms with E-state index in [1.807, 2.05) is 19.9 Å². The van der Waals surface area contributed by atoms with Gasteiger partial charge in [-0.15, -0.1) is 0 Å². The Labute approximate surface area is 165 Å². The van der Waals surface area contributed by atoms with Gasteiger partial charge in [0.1, 0.15) is 12.0 Å². The standard InChI is InChI=1S/C21H28N2O5/c1-12(2)27-19-15(10-7-11-16(19)26-4)18-17(13(3)22-21(25)23-18)20(24)28-14-8-5-6-9-14/h7,10-12,14,17-18H,3,5-6,8-9H2,1-2,4H3,(H2,22,23,25)/t17-,18+/m1/s1. The summed E-state index contributed by atoms with van der Waals surface area (Å²) in [4.78, 5) is 25.1. The van der Waals surface area contributed by atoms with Gasteiger partial charge in [-0.1, -0.05) is 18.7 Å². The van der Waals surface area contributed by atoms with Gasteiger partial charge in [-0.2, -0.15) is 0 Å². The van der Waals surface area contributed by atoms with E-state index < -0.39 is 24.0 Å². The molecule has 0 spiro atoms. The van der Waals surface area contributed by atoms with Gasteiger partial charge in [0, 0.05) is 11.3 Å². The minimum absolute atomic E-state index is 0.0738. The third kappa shape index (κ3) is 4.24. The molecule has 1 aliphatic carbocycles. The van der Waals surface area contributed by atoms with Crippen LogP contribution in [0.1, 0.15) is 51.1 Å². The molecule has 1 aromatic rings. The molecule has 1 aliphatic heterocycles. The highest BCUT2D eigenvalue weighted by Gasteiger charge is 2.41. The van der Waals surface area contributed by atoms with Crippen molar-refractivity contribution in [3.05, 3.63) is 36.0 Å². The predicted octanol–water partition coefficient (Wildman–Crippen LogP) is 3.45. The van der Waals surface area contributed by atoms with Crippen molar-refractivity contribution in [2.75, 3.05) is 7.11 Å². The zero-order chi connectivity index (χ0) is 20.3. The smallest absolute Gasteiger partial charge is 0.319 e. The van der Waals surface area contributed by atoms with Gasteiger partial charge in [0.05, 0.1) is 19.3 Å². The highest BCUT2D eigenvalue weighted by molar-refractivity contribution is 5.85. The number of para-hydroxylation sites is 1. The number of carbonyl (C=O) groups excluding carboxylic acids is 2. The molecule has 3 rings (SSSR count). The first-order valence-corrected chi connectivity index (χ1v) is 9.71. The normalized spacial score (nSPS) is 22.6. The van der Waals surface area contributed by atoms with Gasteiger partial charge in [-0.05, 0) is 45.6 Å². The third-order valence-corrected chi connectivity index (χ3v) is 5.03. The van der Waals surface area contributed by atoms with E-state index in [1.165, 1.54) is 0 Å². The van der Waals surface area contributed by atoms with E-state index >= 15 is 0 Å². The second-order valence-electron chi connectivity index (χ2n) is 7.47. The summed E-state index contributed by atoms with van der Waals surface area (Å²) in [5.41, 5.74) is 0.965. The van der Waals surface area contributed by atoms with E-state index in [9.17, 15) is 9.59 Å². The van der Waals surface area contributed by atoms with Crippen molar-refractivity contribution in [1.82, 2.24) is 10.6 Å². The Morgan fingerprint density at radius 3 is 2.61 bits per heavy atom. The average Bonchev–Trinajstić information content (AvgIpc) is 3.13. The fourth-order valence-corrected chi connectivity index (χ4v) is 3.77. The summed E-state index contributed by atoms with van der Waals surface area (Å²) < 4.78 is 17.1. The maximum Gasteiger partial charge on any atom is 0.319 e. The Balaban J connectivity index is 1.97. The summed E-state index contributed by atoms with van der Waals surface area (Å²) in [6.45, 7) is 7.72. The molecular formula is C21H28N2O5. The number of rotatable bonds is 6. The lowest BCUT2D eigenvalue weighted by Crippen LogP contribution is -2.51. The number of methoxy groups -OCH3 is 1. The quantitative estimate of drug-likeness (QED) is 0.729. The summed E-state index contributed by atoms with van der Waals surface area (Å²) in [7, 11) is 1.55. The zero-order valence-electron chi connectivity index (χ0n) is 16.6. The fourth-order valence-electron chi connectivity index (χ4n) is 3.77. The van der Waals surface area contributed by atoms with Crippen molar-refractivity contribution in [2.24, 2.45) is 5.92 Å². The lowest BCUT2D eigenvalue weighted by atomic mass is 9.88. The number of ether oxygens (including phenoxy) is 3. The van der Waals surface area contributed by atoms with Crippen LogP contribution in [-0.4, -0.2) is 31.3 Å². The van der Waals surface area contributed by atoms with Crippen molar-refractivity contribution in [1.29, 1.82) is 0 Å². The van der Waals surface area contributed by atoms with Crippen LogP contribution in [0.25, 0.3) is 0 Å². The topological polar surface area (TPSA) is 85.9 Å².